The Bertz CT molecular complexity index is 540. The summed E-state index contributed by atoms with van der Waals surface area (Å²) in [6, 6.07) is 10.3. The van der Waals surface area contributed by atoms with Gasteiger partial charge in [0.15, 0.2) is 5.16 Å². The monoisotopic (exact) mass is 274 g/mol. The van der Waals surface area contributed by atoms with Crippen LogP contribution in [0.25, 0.3) is 0 Å². The molecule has 1 aromatic heterocycles. The van der Waals surface area contributed by atoms with Gasteiger partial charge in [-0.15, -0.1) is 0 Å². The first-order chi connectivity index (χ1) is 9.21. The molecule has 5 heteroatoms. The van der Waals surface area contributed by atoms with E-state index in [-0.39, 0.29) is 0 Å². The quantitative estimate of drug-likeness (QED) is 0.648. The summed E-state index contributed by atoms with van der Waals surface area (Å²) in [7, 11) is 0. The minimum Gasteiger partial charge on any atom is -0.383 e. The number of aryl methyl sites for hydroxylation is 1. The van der Waals surface area contributed by atoms with Crippen LogP contribution in [0.5, 0.6) is 0 Å². The number of rotatable bonds is 5. The van der Waals surface area contributed by atoms with Gasteiger partial charge in [0.25, 0.3) is 0 Å². The average Bonchev–Trinajstić information content (AvgIpc) is 2.45. The van der Waals surface area contributed by atoms with Crippen LogP contribution in [-0.2, 0) is 13.0 Å². The summed E-state index contributed by atoms with van der Waals surface area (Å²) in [5.74, 6) is 1.25. The normalized spacial score (nSPS) is 10.4. The van der Waals surface area contributed by atoms with Crippen LogP contribution >= 0.6 is 11.8 Å². The van der Waals surface area contributed by atoms with Gasteiger partial charge in [-0.05, 0) is 23.8 Å². The minimum absolute atomic E-state index is 0.489. The number of hydrogen-bond acceptors (Lipinski definition) is 5. The molecule has 19 heavy (non-hydrogen) atoms. The fraction of sp³-hybridized carbons (Fsp3) is 0.286. The number of nitrogens with zero attached hydrogens (tertiary/aromatic N) is 2. The maximum absolute atomic E-state index is 5.74. The number of hydrogen-bond donors (Lipinski definition) is 2. The van der Waals surface area contributed by atoms with Crippen LogP contribution in [0.3, 0.4) is 0 Å². The molecule has 0 saturated carbocycles. The van der Waals surface area contributed by atoms with Crippen LogP contribution in [-0.4, -0.2) is 16.2 Å². The second-order valence-electron chi connectivity index (χ2n) is 4.19. The third kappa shape index (κ3) is 3.86. The molecule has 0 saturated heterocycles. The van der Waals surface area contributed by atoms with Crippen molar-refractivity contribution < 1.29 is 0 Å². The van der Waals surface area contributed by atoms with Gasteiger partial charge >= 0.3 is 0 Å². The van der Waals surface area contributed by atoms with Crippen molar-refractivity contribution in [3.63, 3.8) is 0 Å². The Kier molecular flexibility index (Phi) is 4.63. The molecule has 0 spiro atoms. The van der Waals surface area contributed by atoms with Crippen LogP contribution in [0.1, 0.15) is 18.1 Å². The predicted octanol–water partition coefficient (Wildman–Crippen LogP) is 2.96. The molecular formula is C14H18N4S. The number of benzene rings is 1. The molecule has 4 nitrogen and oxygen atoms in total. The molecule has 1 aromatic carbocycles. The standard InChI is InChI=1S/C14H18N4S/c1-3-10-4-6-11(7-5-10)9-16-13-8-12(15)17-14(18-13)19-2/h4-8H,3,9H2,1-2H3,(H3,15,16,17,18). The minimum atomic E-state index is 0.489. The van der Waals surface area contributed by atoms with Crippen LogP contribution in [0, 0.1) is 0 Å². The third-order valence-electron chi connectivity index (χ3n) is 2.81. The SMILES string of the molecule is CCc1ccc(CNc2cc(N)nc(SC)n2)cc1. The number of aromatic nitrogens is 2. The number of nitrogens with one attached hydrogen (secondary N) is 1. The molecule has 0 unspecified atom stereocenters. The molecular weight excluding hydrogens is 256 g/mol. The molecule has 0 atom stereocenters. The average molecular weight is 274 g/mol. The van der Waals surface area contributed by atoms with E-state index in [9.17, 15) is 0 Å². The summed E-state index contributed by atoms with van der Waals surface area (Å²) in [5, 5.41) is 3.95. The highest BCUT2D eigenvalue weighted by atomic mass is 32.2. The lowest BCUT2D eigenvalue weighted by molar-refractivity contribution is 0.963. The number of nitrogens with two attached hydrogens (primary N) is 1. The molecule has 1 heterocycles. The first-order valence-corrected chi connectivity index (χ1v) is 7.44. The van der Waals surface area contributed by atoms with Gasteiger partial charge in [0.05, 0.1) is 0 Å². The molecule has 0 radical (unpaired) electrons. The molecule has 0 amide bonds. The molecule has 0 aliphatic carbocycles. The molecule has 2 aromatic rings. The van der Waals surface area contributed by atoms with Crippen LogP contribution in [0.4, 0.5) is 11.6 Å². The van der Waals surface area contributed by atoms with Gasteiger partial charge in [-0.25, -0.2) is 9.97 Å². The van der Waals surface area contributed by atoms with Crippen molar-refractivity contribution in [1.29, 1.82) is 0 Å². The molecule has 2 rings (SSSR count). The smallest absolute Gasteiger partial charge is 0.191 e. The lowest BCUT2D eigenvalue weighted by atomic mass is 10.1. The Balaban J connectivity index is 2.03. The topological polar surface area (TPSA) is 63.8 Å². The number of anilines is 2. The van der Waals surface area contributed by atoms with Gasteiger partial charge < -0.3 is 11.1 Å². The van der Waals surface area contributed by atoms with E-state index in [4.69, 9.17) is 5.73 Å². The summed E-state index contributed by atoms with van der Waals surface area (Å²) in [6.45, 7) is 2.88. The Morgan fingerprint density at radius 3 is 2.47 bits per heavy atom. The van der Waals surface area contributed by atoms with Gasteiger partial charge in [0.2, 0.25) is 0 Å². The molecule has 0 aliphatic rings. The molecule has 3 N–H and O–H groups in total. The zero-order valence-electron chi connectivity index (χ0n) is 11.2. The zero-order valence-corrected chi connectivity index (χ0v) is 12.0. The summed E-state index contributed by atoms with van der Waals surface area (Å²) < 4.78 is 0. The van der Waals surface area contributed by atoms with Crippen molar-refractivity contribution >= 4 is 23.4 Å². The van der Waals surface area contributed by atoms with E-state index in [1.54, 1.807) is 6.07 Å². The molecule has 0 bridgehead atoms. The lowest BCUT2D eigenvalue weighted by Gasteiger charge is -2.08. The van der Waals surface area contributed by atoms with Crippen molar-refractivity contribution in [1.82, 2.24) is 9.97 Å². The highest BCUT2D eigenvalue weighted by Gasteiger charge is 2.01. The largest absolute Gasteiger partial charge is 0.383 e. The number of thioether (sulfide) groups is 1. The van der Waals surface area contributed by atoms with Gasteiger partial charge in [-0.3, -0.25) is 0 Å². The number of nitrogen functional groups attached to an aromatic ring is 1. The third-order valence-corrected chi connectivity index (χ3v) is 3.36. The Morgan fingerprint density at radius 1 is 1.16 bits per heavy atom. The maximum Gasteiger partial charge on any atom is 0.191 e. The maximum atomic E-state index is 5.74. The van der Waals surface area contributed by atoms with Crippen molar-refractivity contribution in [3.8, 4) is 0 Å². The van der Waals surface area contributed by atoms with E-state index >= 15 is 0 Å². The second kappa shape index (κ2) is 6.43. The molecule has 100 valence electrons. The van der Waals surface area contributed by atoms with Gasteiger partial charge in [-0.1, -0.05) is 43.0 Å². The van der Waals surface area contributed by atoms with Crippen molar-refractivity contribution in [2.75, 3.05) is 17.3 Å². The van der Waals surface area contributed by atoms with Gasteiger partial charge in [0.1, 0.15) is 11.6 Å². The van der Waals surface area contributed by atoms with E-state index in [0.29, 0.717) is 11.0 Å². The van der Waals surface area contributed by atoms with Crippen LogP contribution in [0.15, 0.2) is 35.5 Å². The first kappa shape index (κ1) is 13.7. The van der Waals surface area contributed by atoms with Crippen LogP contribution in [0.2, 0.25) is 0 Å². The lowest BCUT2D eigenvalue weighted by Crippen LogP contribution is -2.04. The van der Waals surface area contributed by atoms with E-state index in [1.807, 2.05) is 6.26 Å². The summed E-state index contributed by atoms with van der Waals surface area (Å²) >= 11 is 1.48. The highest BCUT2D eigenvalue weighted by molar-refractivity contribution is 7.98. The van der Waals surface area contributed by atoms with Crippen molar-refractivity contribution in [2.24, 2.45) is 0 Å². The van der Waals surface area contributed by atoms with Gasteiger partial charge in [-0.2, -0.15) is 0 Å². The van der Waals surface area contributed by atoms with Gasteiger partial charge in [0, 0.05) is 12.6 Å². The van der Waals surface area contributed by atoms with Crippen molar-refractivity contribution in [3.05, 3.63) is 41.5 Å². The molecule has 0 aliphatic heterocycles. The van der Waals surface area contributed by atoms with E-state index in [0.717, 1.165) is 18.8 Å². The van der Waals surface area contributed by atoms with E-state index in [1.165, 1.54) is 22.9 Å². The molecule has 0 fully saturated rings. The Hall–Kier alpha value is -1.75. The first-order valence-electron chi connectivity index (χ1n) is 6.21. The van der Waals surface area contributed by atoms with Crippen molar-refractivity contribution in [2.45, 2.75) is 25.0 Å². The highest BCUT2D eigenvalue weighted by Crippen LogP contribution is 2.16. The van der Waals surface area contributed by atoms with Crippen LogP contribution < -0.4 is 11.1 Å². The predicted molar refractivity (Wildman–Crippen MR) is 81.4 cm³/mol. The summed E-state index contributed by atoms with van der Waals surface area (Å²) in [4.78, 5) is 8.48. The van der Waals surface area contributed by atoms with E-state index < -0.39 is 0 Å². The second-order valence-corrected chi connectivity index (χ2v) is 4.96. The summed E-state index contributed by atoms with van der Waals surface area (Å²) in [6.07, 6.45) is 3.00. The summed E-state index contributed by atoms with van der Waals surface area (Å²) in [5.41, 5.74) is 8.31. The Labute approximate surface area is 117 Å². The fourth-order valence-electron chi connectivity index (χ4n) is 1.71. The zero-order chi connectivity index (χ0) is 13.7. The van der Waals surface area contributed by atoms with E-state index in [2.05, 4.69) is 46.5 Å². The Morgan fingerprint density at radius 2 is 1.84 bits per heavy atom. The fourth-order valence-corrected chi connectivity index (χ4v) is 2.10.